The maximum Gasteiger partial charge on any atom is 0.362 e. The predicted octanol–water partition coefficient (Wildman–Crippen LogP) is 6.38. The van der Waals surface area contributed by atoms with E-state index in [0.717, 1.165) is 51.4 Å². The average Bonchev–Trinajstić information content (AvgIpc) is 2.87. The van der Waals surface area contributed by atoms with Crippen molar-refractivity contribution in [3.05, 3.63) is 48.6 Å². The van der Waals surface area contributed by atoms with Gasteiger partial charge >= 0.3 is 11.9 Å². The lowest BCUT2D eigenvalue weighted by Gasteiger charge is -2.31. The van der Waals surface area contributed by atoms with Gasteiger partial charge in [-0.15, -0.1) is 0 Å². The minimum Gasteiger partial charge on any atom is -0.477 e. The van der Waals surface area contributed by atoms with Gasteiger partial charge in [0.05, 0.1) is 34.4 Å². The zero-order chi connectivity index (χ0) is 29.2. The summed E-state index contributed by atoms with van der Waals surface area (Å²) in [6.07, 6.45) is 29.3. The van der Waals surface area contributed by atoms with Crippen molar-refractivity contribution in [2.75, 3.05) is 41.0 Å². The molecule has 0 bridgehead atoms. The van der Waals surface area contributed by atoms with Crippen LogP contribution in [0.4, 0.5) is 0 Å². The second-order valence-electron chi connectivity index (χ2n) is 10.8. The number of aliphatic carboxylic acids is 1. The fourth-order valence-corrected chi connectivity index (χ4v) is 3.90. The van der Waals surface area contributed by atoms with E-state index in [0.29, 0.717) is 17.3 Å². The van der Waals surface area contributed by atoms with Gasteiger partial charge in [0.25, 0.3) is 0 Å². The molecule has 0 aromatic carbocycles. The third kappa shape index (κ3) is 24.6. The zero-order valence-corrected chi connectivity index (χ0v) is 25.1. The van der Waals surface area contributed by atoms with E-state index < -0.39 is 18.1 Å². The van der Waals surface area contributed by atoms with Crippen molar-refractivity contribution in [3.63, 3.8) is 0 Å². The summed E-state index contributed by atoms with van der Waals surface area (Å²) in [4.78, 5) is 23.2. The molecule has 0 aromatic rings. The number of aliphatic hydroxyl groups is 1. The lowest BCUT2D eigenvalue weighted by Crippen LogP contribution is -2.50. The minimum atomic E-state index is -0.911. The highest BCUT2D eigenvalue weighted by Gasteiger charge is 2.30. The Morgan fingerprint density at radius 1 is 0.769 bits per heavy atom. The number of carboxylic acids is 1. The number of aliphatic hydroxyl groups excluding tert-OH is 1. The Morgan fingerprint density at radius 2 is 1.31 bits per heavy atom. The van der Waals surface area contributed by atoms with Crippen molar-refractivity contribution in [1.82, 2.24) is 0 Å². The van der Waals surface area contributed by atoms with Gasteiger partial charge < -0.3 is 24.2 Å². The largest absolute Gasteiger partial charge is 0.477 e. The van der Waals surface area contributed by atoms with Crippen LogP contribution in [0.15, 0.2) is 48.6 Å². The van der Waals surface area contributed by atoms with E-state index in [1.165, 1.54) is 19.3 Å². The Bertz CT molecular complexity index is 735. The van der Waals surface area contributed by atoms with E-state index in [1.54, 1.807) is 0 Å². The average molecular weight is 551 g/mol. The van der Waals surface area contributed by atoms with E-state index in [2.05, 4.69) is 55.5 Å². The van der Waals surface area contributed by atoms with E-state index in [1.807, 2.05) is 21.1 Å². The fraction of sp³-hybridized carbons (Fsp3) is 0.688. The molecule has 0 aliphatic carbocycles. The third-order valence-corrected chi connectivity index (χ3v) is 6.22. The number of hydrogen-bond donors (Lipinski definition) is 2. The summed E-state index contributed by atoms with van der Waals surface area (Å²) in [6.45, 7) is 2.28. The normalized spacial score (nSPS) is 14.2. The van der Waals surface area contributed by atoms with Crippen LogP contribution in [0.2, 0.25) is 0 Å². The molecule has 224 valence electrons. The van der Waals surface area contributed by atoms with Crippen LogP contribution in [0.25, 0.3) is 0 Å². The van der Waals surface area contributed by atoms with Gasteiger partial charge in [0.2, 0.25) is 0 Å². The van der Waals surface area contributed by atoms with Crippen molar-refractivity contribution in [1.29, 1.82) is 0 Å². The summed E-state index contributed by atoms with van der Waals surface area (Å²) < 4.78 is 10.8. The van der Waals surface area contributed by atoms with Crippen molar-refractivity contribution in [3.8, 4) is 0 Å². The highest BCUT2D eigenvalue weighted by Crippen LogP contribution is 2.10. The molecule has 7 heteroatoms. The van der Waals surface area contributed by atoms with E-state index in [4.69, 9.17) is 9.47 Å². The first kappa shape index (κ1) is 36.8. The van der Waals surface area contributed by atoms with Crippen LogP contribution in [-0.4, -0.2) is 79.7 Å². The minimum absolute atomic E-state index is 0.0116. The molecule has 0 amide bonds. The number of esters is 1. The predicted molar refractivity (Wildman–Crippen MR) is 159 cm³/mol. The number of carbonyl (C=O) groups excluding carboxylic acids is 1. The van der Waals surface area contributed by atoms with E-state index in [-0.39, 0.29) is 25.8 Å². The summed E-state index contributed by atoms with van der Waals surface area (Å²) in [5, 5.41) is 19.2. The number of unbranched alkanes of at least 4 members (excludes halogenated alkanes) is 6. The Balaban J connectivity index is 3.60. The molecule has 0 saturated carbocycles. The molecule has 0 aliphatic heterocycles. The van der Waals surface area contributed by atoms with Gasteiger partial charge in [-0.25, -0.2) is 4.79 Å². The van der Waals surface area contributed by atoms with E-state index in [9.17, 15) is 19.8 Å². The van der Waals surface area contributed by atoms with Gasteiger partial charge in [-0.2, -0.15) is 0 Å². The van der Waals surface area contributed by atoms with Crippen molar-refractivity contribution >= 4 is 11.9 Å². The maximum absolute atomic E-state index is 11.9. The molecular weight excluding hydrogens is 494 g/mol. The second-order valence-corrected chi connectivity index (χ2v) is 10.8. The van der Waals surface area contributed by atoms with E-state index >= 15 is 0 Å². The van der Waals surface area contributed by atoms with Gasteiger partial charge in [-0.05, 0) is 44.9 Å². The number of nitrogens with zero attached hydrogens (tertiary/aromatic N) is 1. The lowest BCUT2D eigenvalue weighted by atomic mass is 10.1. The highest BCUT2D eigenvalue weighted by atomic mass is 16.5. The molecule has 0 radical (unpaired) electrons. The molecule has 0 rings (SSSR count). The van der Waals surface area contributed by atoms with Crippen LogP contribution >= 0.6 is 0 Å². The fourth-order valence-electron chi connectivity index (χ4n) is 3.90. The topological polar surface area (TPSA) is 93.1 Å². The molecule has 0 heterocycles. The molecule has 7 nitrogen and oxygen atoms in total. The van der Waals surface area contributed by atoms with Crippen LogP contribution in [0.1, 0.15) is 90.4 Å². The van der Waals surface area contributed by atoms with Crippen LogP contribution in [-0.2, 0) is 19.1 Å². The van der Waals surface area contributed by atoms with Gasteiger partial charge in [-0.1, -0.05) is 81.2 Å². The lowest BCUT2D eigenvalue weighted by molar-refractivity contribution is -0.887. The number of likely N-dealkylation sites (N-methyl/N-ethyl adjacent to an activating group) is 1. The zero-order valence-electron chi connectivity index (χ0n) is 25.1. The van der Waals surface area contributed by atoms with Gasteiger partial charge in [-0.3, -0.25) is 4.79 Å². The number of carboxylic acid groups (broad SMARTS) is 1. The monoisotopic (exact) mass is 550 g/mol. The molecule has 0 aromatic heterocycles. The molecule has 2 N–H and O–H groups in total. The Labute approximate surface area is 237 Å². The number of hydrogen-bond acceptors (Lipinski definition) is 5. The standard InChI is InChI=1S/C32H55NO6/c1-5-6-7-8-9-10-11-12-13-14-15-16-17-18-19-20-21-22-23-24-31(35)39-28-29(34)27-38-26-25-30(32(36)37)33(2,3)4/h6-7,9-10,12-13,15-16,29-30,34H,5,8,11,14,17-28H2,1-4H3/p+1/b7-6-,10-9-,13-12-,16-15-. The van der Waals surface area contributed by atoms with Gasteiger partial charge in [0.15, 0.2) is 6.04 Å². The Hall–Kier alpha value is -2.22. The summed E-state index contributed by atoms with van der Waals surface area (Å²) in [6, 6.07) is -0.578. The summed E-state index contributed by atoms with van der Waals surface area (Å²) in [5.41, 5.74) is 0. The summed E-state index contributed by atoms with van der Waals surface area (Å²) in [7, 11) is 5.46. The highest BCUT2D eigenvalue weighted by molar-refractivity contribution is 5.72. The second kappa shape index (κ2) is 24.8. The molecule has 0 saturated heterocycles. The molecule has 0 aliphatic rings. The first-order valence-corrected chi connectivity index (χ1v) is 14.7. The van der Waals surface area contributed by atoms with Gasteiger partial charge in [0.1, 0.15) is 12.7 Å². The maximum atomic E-state index is 11.9. The molecule has 0 fully saturated rings. The molecule has 2 atom stereocenters. The SMILES string of the molecule is CC/C=C\C/C=C\C/C=C\C/C=C\CCCCCCCCC(=O)OCC(O)COCCC(C(=O)O)[N+](C)(C)C. The van der Waals surface area contributed by atoms with Crippen LogP contribution in [0.5, 0.6) is 0 Å². The van der Waals surface area contributed by atoms with Crippen molar-refractivity contribution in [2.24, 2.45) is 0 Å². The smallest absolute Gasteiger partial charge is 0.362 e. The van der Waals surface area contributed by atoms with Crippen LogP contribution in [0.3, 0.4) is 0 Å². The van der Waals surface area contributed by atoms with Crippen molar-refractivity contribution in [2.45, 2.75) is 103 Å². The third-order valence-electron chi connectivity index (χ3n) is 6.22. The summed E-state index contributed by atoms with van der Waals surface area (Å²) >= 11 is 0. The number of carbonyl (C=O) groups is 2. The van der Waals surface area contributed by atoms with Crippen molar-refractivity contribution < 1.29 is 33.8 Å². The number of rotatable bonds is 25. The first-order valence-electron chi connectivity index (χ1n) is 14.7. The number of ether oxygens (including phenoxy) is 2. The first-order chi connectivity index (χ1) is 18.7. The summed E-state index contributed by atoms with van der Waals surface area (Å²) in [5.74, 6) is -1.17. The number of allylic oxidation sites excluding steroid dienone is 8. The molecular formula is C32H56NO6+. The molecule has 2 unspecified atom stereocenters. The quantitative estimate of drug-likeness (QED) is 0.0593. The molecule has 0 spiro atoms. The van der Waals surface area contributed by atoms with Gasteiger partial charge in [0, 0.05) is 12.8 Å². The Kier molecular flexibility index (Phi) is 23.4. The Morgan fingerprint density at radius 3 is 1.87 bits per heavy atom. The molecule has 39 heavy (non-hydrogen) atoms. The van der Waals surface area contributed by atoms with Crippen LogP contribution in [0, 0.1) is 0 Å². The number of quaternary nitrogens is 1. The van der Waals surface area contributed by atoms with Crippen LogP contribution < -0.4 is 0 Å².